The zero-order valence-electron chi connectivity index (χ0n) is 47.6. The Bertz CT molecular complexity index is 2090. The van der Waals surface area contributed by atoms with Crippen LogP contribution in [0.1, 0.15) is 129 Å². The van der Waals surface area contributed by atoms with Gasteiger partial charge in [-0.25, -0.2) is 24.0 Å². The number of ether oxygens (including phenoxy) is 8. The summed E-state index contributed by atoms with van der Waals surface area (Å²) < 4.78 is 46.3. The summed E-state index contributed by atoms with van der Waals surface area (Å²) in [6, 6.07) is -4.97. The van der Waals surface area contributed by atoms with Gasteiger partial charge in [0.2, 0.25) is 5.91 Å². The van der Waals surface area contributed by atoms with Gasteiger partial charge in [-0.15, -0.1) is 0 Å². The third-order valence-electron chi connectivity index (χ3n) is 12.6. The molecule has 0 radical (unpaired) electrons. The van der Waals surface area contributed by atoms with Crippen LogP contribution in [0.25, 0.3) is 0 Å². The molecule has 0 aromatic heterocycles. The van der Waals surface area contributed by atoms with Crippen molar-refractivity contribution in [2.45, 2.75) is 224 Å². The Morgan fingerprint density at radius 3 is 1.91 bits per heavy atom. The molecule has 1 saturated heterocycles. The van der Waals surface area contributed by atoms with Gasteiger partial charge < -0.3 is 95.1 Å². The average molecular weight is 1100 g/mol. The maximum absolute atomic E-state index is 14.0. The molecule has 2 heterocycles. The van der Waals surface area contributed by atoms with E-state index in [0.29, 0.717) is 25.1 Å². The molecule has 25 nitrogen and oxygen atoms in total. The highest BCUT2D eigenvalue weighted by Crippen LogP contribution is 2.39. The number of rotatable bonds is 17. The summed E-state index contributed by atoms with van der Waals surface area (Å²) in [6.07, 6.45) is -11.2. The number of hydrogen-bond acceptors (Lipinski definition) is 19. The van der Waals surface area contributed by atoms with Crippen LogP contribution >= 0.6 is 0 Å². The first-order chi connectivity index (χ1) is 35.3. The topological polar surface area (TPSA) is 333 Å². The van der Waals surface area contributed by atoms with Crippen LogP contribution < -0.4 is 31.9 Å². The summed E-state index contributed by atoms with van der Waals surface area (Å²) in [5.74, 6) is -1.55. The van der Waals surface area contributed by atoms with E-state index in [1.165, 1.54) is 20.9 Å². The SMILES string of the molecule is C=C(C)OC(=O)N[C@@H]1CC=C(CNC[C@H]2C[C@H](NC(=O)OC(C)(C)C)C2)OC1[C@H]1[C@H](O)[C@@H](O[C@H]2OC[C@](C)(O)[C@H](N(C)C(=O)OC(C)(C)C)[C@H]2O)[C@H](NC(=O)[C@@H](O)CCNC(=O)OC(C)(C)C)C[C@@H]1NC(=O)OC(C)(C)C. The molecule has 4 aliphatic rings. The minimum Gasteiger partial charge on any atom is -0.491 e. The summed E-state index contributed by atoms with van der Waals surface area (Å²) in [5.41, 5.74) is -5.30. The van der Waals surface area contributed by atoms with Gasteiger partial charge in [-0.3, -0.25) is 4.79 Å². The van der Waals surface area contributed by atoms with Crippen LogP contribution in [0.5, 0.6) is 0 Å². The van der Waals surface area contributed by atoms with Crippen molar-refractivity contribution >= 4 is 36.4 Å². The second-order valence-electron chi connectivity index (χ2n) is 24.7. The maximum atomic E-state index is 14.0. The first-order valence-electron chi connectivity index (χ1n) is 26.3. The predicted molar refractivity (Wildman–Crippen MR) is 278 cm³/mol. The lowest BCUT2D eigenvalue weighted by atomic mass is 9.72. The van der Waals surface area contributed by atoms with Crippen molar-refractivity contribution in [3.05, 3.63) is 24.2 Å². The molecule has 4 rings (SSSR count). The van der Waals surface area contributed by atoms with E-state index in [4.69, 9.17) is 37.9 Å². The van der Waals surface area contributed by atoms with Crippen LogP contribution in [0.4, 0.5) is 24.0 Å². The molecule has 2 aliphatic carbocycles. The fourth-order valence-electron chi connectivity index (χ4n) is 9.50. The molecule has 0 aromatic carbocycles. The van der Waals surface area contributed by atoms with E-state index in [2.05, 4.69) is 38.5 Å². The number of amides is 6. The maximum Gasteiger partial charge on any atom is 0.412 e. The zero-order valence-corrected chi connectivity index (χ0v) is 47.6. The van der Waals surface area contributed by atoms with Gasteiger partial charge in [0.05, 0.1) is 43.1 Å². The lowest BCUT2D eigenvalue weighted by molar-refractivity contribution is -0.305. The number of allylic oxidation sites excluding steroid dienone is 1. The molecule has 25 heteroatoms. The lowest BCUT2D eigenvalue weighted by Gasteiger charge is -2.52. The van der Waals surface area contributed by atoms with Gasteiger partial charge in [-0.05, 0) is 148 Å². The van der Waals surface area contributed by atoms with Crippen LogP contribution in [-0.2, 0) is 42.7 Å². The Labute approximate surface area is 452 Å². The number of alkyl carbamates (subject to hydrolysis) is 4. The molecule has 3 fully saturated rings. The van der Waals surface area contributed by atoms with Crippen molar-refractivity contribution in [1.29, 1.82) is 0 Å². The number of aliphatic hydroxyl groups is 4. The summed E-state index contributed by atoms with van der Waals surface area (Å²) >= 11 is 0. The van der Waals surface area contributed by atoms with Crippen molar-refractivity contribution < 1.29 is 87.1 Å². The molecule has 440 valence electrons. The minimum atomic E-state index is -1.88. The molecule has 0 aromatic rings. The van der Waals surface area contributed by atoms with E-state index in [1.54, 1.807) is 89.2 Å². The number of nitrogens with zero attached hydrogens (tertiary/aromatic N) is 1. The van der Waals surface area contributed by atoms with E-state index in [-0.39, 0.29) is 50.1 Å². The molecule has 2 aliphatic heterocycles. The standard InChI is InChI=1S/C52H89N7O18/c1-27(2)71-44(65)57-31-18-17-30(25-53-24-28-21-29(22-28)55-45(66)75-49(6,7)8)72-38(31)35-32(58-46(67)76-50(9,10)11)23-33(56-41(63)34(60)19-20-54-43(64)74-48(3,4)5)39(36(35)61)73-42-37(62)40(52(15,69)26-70-42)59(16)47(68)77-51(12,13)14/h17,28-29,31-40,42,53,60-62,69H,1,18-26H2,2-16H3,(H,54,64)(H,55,66)(H,56,63)(H,57,65)(H,58,67)/t28-,29-,31-,32+,33-,34+,35-,36+,37-,38?,39+,40-,42-,52+/m1/s1. The van der Waals surface area contributed by atoms with Crippen LogP contribution in [-0.4, -0.2) is 190 Å². The Morgan fingerprint density at radius 2 is 1.34 bits per heavy atom. The summed E-state index contributed by atoms with van der Waals surface area (Å²) in [5, 5.41) is 64.8. The summed E-state index contributed by atoms with van der Waals surface area (Å²) in [7, 11) is 1.32. The van der Waals surface area contributed by atoms with Gasteiger partial charge in [0, 0.05) is 31.6 Å². The molecular formula is C52H89N7O18. The van der Waals surface area contributed by atoms with Gasteiger partial charge >= 0.3 is 30.5 Å². The van der Waals surface area contributed by atoms with Crippen molar-refractivity contribution in [2.75, 3.05) is 33.3 Å². The summed E-state index contributed by atoms with van der Waals surface area (Å²) in [4.78, 5) is 80.2. The monoisotopic (exact) mass is 1100 g/mol. The largest absolute Gasteiger partial charge is 0.491 e. The van der Waals surface area contributed by atoms with Gasteiger partial charge in [0.1, 0.15) is 58.2 Å². The molecule has 77 heavy (non-hydrogen) atoms. The second-order valence-corrected chi connectivity index (χ2v) is 24.7. The number of aliphatic hydroxyl groups excluding tert-OH is 3. The van der Waals surface area contributed by atoms with E-state index in [0.717, 1.165) is 4.90 Å². The lowest BCUT2D eigenvalue weighted by Crippen LogP contribution is -2.71. The number of likely N-dealkylation sites (N-methyl/N-ethyl adjacent to an activating group) is 1. The van der Waals surface area contributed by atoms with E-state index in [1.807, 2.05) is 0 Å². The van der Waals surface area contributed by atoms with Crippen molar-refractivity contribution in [3.8, 4) is 0 Å². The molecule has 12 atom stereocenters. The van der Waals surface area contributed by atoms with Gasteiger partial charge in [-0.1, -0.05) is 6.58 Å². The number of carbonyl (C=O) groups is 6. The number of nitrogens with one attached hydrogen (secondary N) is 6. The number of carbonyl (C=O) groups excluding carboxylic acids is 6. The van der Waals surface area contributed by atoms with E-state index < -0.39 is 138 Å². The highest BCUT2D eigenvalue weighted by molar-refractivity contribution is 5.81. The highest BCUT2D eigenvalue weighted by atomic mass is 16.7. The molecule has 10 N–H and O–H groups in total. The smallest absolute Gasteiger partial charge is 0.412 e. The average Bonchev–Trinajstić information content (AvgIpc) is 3.22. The molecular weight excluding hydrogens is 1010 g/mol. The zero-order chi connectivity index (χ0) is 58.2. The first-order valence-corrected chi connectivity index (χ1v) is 26.3. The molecule has 1 unspecified atom stereocenters. The van der Waals surface area contributed by atoms with Gasteiger partial charge in [0.15, 0.2) is 6.29 Å². The molecule has 0 spiro atoms. The highest BCUT2D eigenvalue weighted by Gasteiger charge is 2.57. The fourth-order valence-corrected chi connectivity index (χ4v) is 9.50. The van der Waals surface area contributed by atoms with Crippen LogP contribution in [0.15, 0.2) is 24.2 Å². The quantitative estimate of drug-likeness (QED) is 0.0738. The Balaban J connectivity index is 1.72. The third-order valence-corrected chi connectivity index (χ3v) is 12.6. The normalized spacial score (nSPS) is 30.0. The first kappa shape index (κ1) is 64.3. The van der Waals surface area contributed by atoms with Gasteiger partial charge in [0.25, 0.3) is 0 Å². The number of hydrogen-bond donors (Lipinski definition) is 10. The van der Waals surface area contributed by atoms with Crippen LogP contribution in [0.3, 0.4) is 0 Å². The molecule has 2 saturated carbocycles. The van der Waals surface area contributed by atoms with Crippen molar-refractivity contribution in [1.82, 2.24) is 36.8 Å². The second kappa shape index (κ2) is 26.2. The minimum absolute atomic E-state index is 0.0579. The van der Waals surface area contributed by atoms with Gasteiger partial charge in [-0.2, -0.15) is 0 Å². The Kier molecular flexibility index (Phi) is 21.9. The summed E-state index contributed by atoms with van der Waals surface area (Å²) in [6.45, 7) is 26.8. The Hall–Kier alpha value is -5.18. The third kappa shape index (κ3) is 20.5. The van der Waals surface area contributed by atoms with Crippen molar-refractivity contribution in [3.63, 3.8) is 0 Å². The van der Waals surface area contributed by atoms with E-state index >= 15 is 0 Å². The predicted octanol–water partition coefficient (Wildman–Crippen LogP) is 3.30. The van der Waals surface area contributed by atoms with Crippen LogP contribution in [0.2, 0.25) is 0 Å². The Morgan fingerprint density at radius 1 is 0.779 bits per heavy atom. The molecule has 6 amide bonds. The van der Waals surface area contributed by atoms with Crippen molar-refractivity contribution in [2.24, 2.45) is 11.8 Å². The van der Waals surface area contributed by atoms with Crippen LogP contribution in [0, 0.1) is 11.8 Å². The fraction of sp³-hybridized carbons (Fsp3) is 0.808. The molecule has 0 bridgehead atoms. The van der Waals surface area contributed by atoms with E-state index in [9.17, 15) is 49.2 Å².